The average Bonchev–Trinajstić information content (AvgIpc) is 2.99. The lowest BCUT2D eigenvalue weighted by molar-refractivity contribution is -0.115. The smallest absolute Gasteiger partial charge is 0.237 e. The molecule has 3 rings (SSSR count). The number of carbonyl (C=O) groups excluding carboxylic acids is 1. The Labute approximate surface area is 161 Å². The Bertz CT molecular complexity index is 988. The minimum atomic E-state index is -0.694. The molecule has 1 atom stereocenters. The SMILES string of the molecule is C[C@H](Sc1nn(-c2ccccc2)c(=S)s1)C(=O)Nc1cc(F)ccc1F. The molecule has 9 heteroatoms. The van der Waals surface area contributed by atoms with Crippen LogP contribution >= 0.6 is 35.3 Å². The first-order valence-corrected chi connectivity index (χ1v) is 9.62. The summed E-state index contributed by atoms with van der Waals surface area (Å²) >= 11 is 7.81. The number of benzene rings is 2. The number of halogens is 2. The van der Waals surface area contributed by atoms with Crippen molar-refractivity contribution in [3.63, 3.8) is 0 Å². The highest BCUT2D eigenvalue weighted by molar-refractivity contribution is 8.02. The van der Waals surface area contributed by atoms with Crippen molar-refractivity contribution >= 4 is 46.9 Å². The zero-order chi connectivity index (χ0) is 18.7. The Hall–Kier alpha value is -2.10. The van der Waals surface area contributed by atoms with Gasteiger partial charge in [0.05, 0.1) is 16.6 Å². The van der Waals surface area contributed by atoms with Crippen LogP contribution in [0.25, 0.3) is 5.69 Å². The first-order chi connectivity index (χ1) is 12.4. The number of thioether (sulfide) groups is 1. The van der Waals surface area contributed by atoms with Crippen molar-refractivity contribution in [3.8, 4) is 5.69 Å². The highest BCUT2D eigenvalue weighted by atomic mass is 32.2. The van der Waals surface area contributed by atoms with Crippen molar-refractivity contribution < 1.29 is 13.6 Å². The molecule has 3 aromatic rings. The third kappa shape index (κ3) is 4.35. The fraction of sp³-hybridized carbons (Fsp3) is 0.118. The Morgan fingerprint density at radius 2 is 2.00 bits per heavy atom. The summed E-state index contributed by atoms with van der Waals surface area (Å²) in [6.07, 6.45) is 0. The standard InChI is InChI=1S/C17H13F2N3OS3/c1-10(15(23)20-14-9-11(18)7-8-13(14)19)25-16-21-22(17(24)26-16)12-5-3-2-4-6-12/h2-10H,1H3,(H,20,23)/t10-/m0/s1. The second kappa shape index (κ2) is 8.07. The first-order valence-electron chi connectivity index (χ1n) is 7.52. The number of anilines is 1. The lowest BCUT2D eigenvalue weighted by Crippen LogP contribution is -2.23. The molecule has 0 spiro atoms. The van der Waals surface area contributed by atoms with Gasteiger partial charge in [-0.1, -0.05) is 41.3 Å². The summed E-state index contributed by atoms with van der Waals surface area (Å²) in [5.41, 5.74) is 0.643. The molecule has 1 aromatic heterocycles. The van der Waals surface area contributed by atoms with Crippen LogP contribution in [0.5, 0.6) is 0 Å². The van der Waals surface area contributed by atoms with Crippen LogP contribution < -0.4 is 5.32 Å². The molecular weight excluding hydrogens is 396 g/mol. The Kier molecular flexibility index (Phi) is 5.80. The molecule has 26 heavy (non-hydrogen) atoms. The van der Waals surface area contributed by atoms with Gasteiger partial charge in [-0.2, -0.15) is 0 Å². The molecule has 0 saturated carbocycles. The number of carbonyl (C=O) groups is 1. The maximum atomic E-state index is 13.6. The van der Waals surface area contributed by atoms with Crippen LogP contribution in [-0.2, 0) is 4.79 Å². The predicted octanol–water partition coefficient (Wildman–Crippen LogP) is 5.06. The Morgan fingerprint density at radius 1 is 1.27 bits per heavy atom. The summed E-state index contributed by atoms with van der Waals surface area (Å²) in [6.45, 7) is 1.66. The van der Waals surface area contributed by atoms with E-state index < -0.39 is 22.8 Å². The third-order valence-electron chi connectivity index (χ3n) is 3.36. The molecule has 1 N–H and O–H groups in total. The first kappa shape index (κ1) is 18.7. The molecule has 2 aromatic carbocycles. The third-order valence-corrected chi connectivity index (χ3v) is 5.78. The maximum Gasteiger partial charge on any atom is 0.237 e. The minimum absolute atomic E-state index is 0.190. The van der Waals surface area contributed by atoms with Gasteiger partial charge in [0.1, 0.15) is 11.6 Å². The molecule has 0 bridgehead atoms. The fourth-order valence-electron chi connectivity index (χ4n) is 2.07. The monoisotopic (exact) mass is 409 g/mol. The van der Waals surface area contributed by atoms with Gasteiger partial charge < -0.3 is 5.32 Å². The molecule has 134 valence electrons. The molecule has 1 heterocycles. The summed E-state index contributed by atoms with van der Waals surface area (Å²) < 4.78 is 29.7. The van der Waals surface area contributed by atoms with Crippen LogP contribution in [0.3, 0.4) is 0 Å². The van der Waals surface area contributed by atoms with Gasteiger partial charge in [0, 0.05) is 6.07 Å². The van der Waals surface area contributed by atoms with Crippen LogP contribution in [0.15, 0.2) is 52.9 Å². The summed E-state index contributed by atoms with van der Waals surface area (Å²) in [5.74, 6) is -1.77. The highest BCUT2D eigenvalue weighted by Crippen LogP contribution is 2.28. The number of para-hydroxylation sites is 1. The molecule has 0 unspecified atom stereocenters. The predicted molar refractivity (Wildman–Crippen MR) is 103 cm³/mol. The normalized spacial score (nSPS) is 12.0. The van der Waals surface area contributed by atoms with Crippen molar-refractivity contribution in [2.24, 2.45) is 0 Å². The molecular formula is C17H13F2N3OS3. The molecule has 0 aliphatic heterocycles. The van der Waals surface area contributed by atoms with Crippen molar-refractivity contribution in [2.45, 2.75) is 16.5 Å². The number of amides is 1. The number of rotatable bonds is 5. The van der Waals surface area contributed by atoms with E-state index >= 15 is 0 Å². The maximum absolute atomic E-state index is 13.6. The van der Waals surface area contributed by atoms with Crippen molar-refractivity contribution in [1.29, 1.82) is 0 Å². The van der Waals surface area contributed by atoms with E-state index in [1.165, 1.54) is 23.1 Å². The van der Waals surface area contributed by atoms with E-state index in [4.69, 9.17) is 12.2 Å². The van der Waals surface area contributed by atoms with E-state index in [9.17, 15) is 13.6 Å². The van der Waals surface area contributed by atoms with Gasteiger partial charge >= 0.3 is 0 Å². The van der Waals surface area contributed by atoms with Gasteiger partial charge in [-0.3, -0.25) is 4.79 Å². The molecule has 0 radical (unpaired) electrons. The Morgan fingerprint density at radius 3 is 2.73 bits per heavy atom. The summed E-state index contributed by atoms with van der Waals surface area (Å²) in [6, 6.07) is 12.3. The second-order valence-electron chi connectivity index (χ2n) is 5.25. The van der Waals surface area contributed by atoms with E-state index in [1.807, 2.05) is 30.3 Å². The molecule has 0 aliphatic carbocycles. The van der Waals surface area contributed by atoms with Crippen LogP contribution in [0.1, 0.15) is 6.92 Å². The lowest BCUT2D eigenvalue weighted by Gasteiger charge is -2.11. The zero-order valence-electron chi connectivity index (χ0n) is 13.5. The van der Waals surface area contributed by atoms with Gasteiger partial charge in [-0.15, -0.1) is 5.10 Å². The van der Waals surface area contributed by atoms with E-state index in [0.29, 0.717) is 8.29 Å². The summed E-state index contributed by atoms with van der Waals surface area (Å²) in [4.78, 5) is 12.3. The van der Waals surface area contributed by atoms with Gasteiger partial charge in [0.15, 0.2) is 8.29 Å². The highest BCUT2D eigenvalue weighted by Gasteiger charge is 2.19. The molecule has 0 aliphatic rings. The number of hydrogen-bond donors (Lipinski definition) is 1. The number of aromatic nitrogens is 2. The minimum Gasteiger partial charge on any atom is -0.323 e. The van der Waals surface area contributed by atoms with E-state index in [2.05, 4.69) is 10.4 Å². The second-order valence-corrected chi connectivity index (χ2v) is 8.47. The van der Waals surface area contributed by atoms with Gasteiger partial charge in [0.25, 0.3) is 0 Å². The van der Waals surface area contributed by atoms with Crippen LogP contribution in [-0.4, -0.2) is 20.9 Å². The topological polar surface area (TPSA) is 46.9 Å². The quantitative estimate of drug-likeness (QED) is 0.473. The van der Waals surface area contributed by atoms with Gasteiger partial charge in [-0.25, -0.2) is 13.5 Å². The van der Waals surface area contributed by atoms with Crippen molar-refractivity contribution in [1.82, 2.24) is 9.78 Å². The average molecular weight is 410 g/mol. The number of nitrogens with one attached hydrogen (secondary N) is 1. The van der Waals surface area contributed by atoms with Crippen LogP contribution in [0, 0.1) is 15.6 Å². The van der Waals surface area contributed by atoms with E-state index in [1.54, 1.807) is 11.6 Å². The zero-order valence-corrected chi connectivity index (χ0v) is 15.9. The van der Waals surface area contributed by atoms with Crippen LogP contribution in [0.2, 0.25) is 0 Å². The summed E-state index contributed by atoms with van der Waals surface area (Å²) in [5, 5.41) is 6.25. The largest absolute Gasteiger partial charge is 0.323 e. The molecule has 0 fully saturated rings. The van der Waals surface area contributed by atoms with Crippen molar-refractivity contribution in [2.75, 3.05) is 5.32 Å². The molecule has 1 amide bonds. The van der Waals surface area contributed by atoms with Gasteiger partial charge in [0.2, 0.25) is 5.91 Å². The van der Waals surface area contributed by atoms with E-state index in [-0.39, 0.29) is 5.69 Å². The molecule has 4 nitrogen and oxygen atoms in total. The van der Waals surface area contributed by atoms with E-state index in [0.717, 1.165) is 23.9 Å². The Balaban J connectivity index is 1.72. The molecule has 0 saturated heterocycles. The number of nitrogens with zero attached hydrogens (tertiary/aromatic N) is 2. The van der Waals surface area contributed by atoms with Crippen LogP contribution in [0.4, 0.5) is 14.5 Å². The summed E-state index contributed by atoms with van der Waals surface area (Å²) in [7, 11) is 0. The fourth-order valence-corrected chi connectivity index (χ4v) is 4.58. The van der Waals surface area contributed by atoms with Gasteiger partial charge in [-0.05, 0) is 43.4 Å². The number of hydrogen-bond acceptors (Lipinski definition) is 5. The van der Waals surface area contributed by atoms with Crippen molar-refractivity contribution in [3.05, 3.63) is 64.1 Å². The lowest BCUT2D eigenvalue weighted by atomic mass is 10.3.